The van der Waals surface area contributed by atoms with E-state index in [0.717, 1.165) is 6.42 Å². The van der Waals surface area contributed by atoms with Crippen LogP contribution in [0.25, 0.3) is 0 Å². The van der Waals surface area contributed by atoms with Crippen LogP contribution in [-0.2, 0) is 4.74 Å². The Labute approximate surface area is 87.4 Å². The third-order valence-corrected chi connectivity index (χ3v) is 2.78. The van der Waals surface area contributed by atoms with Crippen molar-refractivity contribution in [2.45, 2.75) is 18.6 Å². The second-order valence-electron chi connectivity index (χ2n) is 3.93. The quantitative estimate of drug-likeness (QED) is 0.772. The summed E-state index contributed by atoms with van der Waals surface area (Å²) in [5.41, 5.74) is 5.13. The molecule has 2 N–H and O–H groups in total. The molecule has 15 heavy (non-hydrogen) atoms. The van der Waals surface area contributed by atoms with E-state index in [0.29, 0.717) is 13.2 Å². The maximum Gasteiger partial charge on any atom is 0.394 e. The molecule has 1 fully saturated rings. The third kappa shape index (κ3) is 3.62. The SMILES string of the molecule is CN(CC(CN)C(F)(F)F)C1CCOC1. The van der Waals surface area contributed by atoms with Gasteiger partial charge in [0.25, 0.3) is 0 Å². The molecule has 1 saturated heterocycles. The molecule has 2 unspecified atom stereocenters. The van der Waals surface area contributed by atoms with Crippen LogP contribution in [0, 0.1) is 5.92 Å². The van der Waals surface area contributed by atoms with Crippen LogP contribution in [-0.4, -0.2) is 50.5 Å². The molecule has 6 heteroatoms. The lowest BCUT2D eigenvalue weighted by Crippen LogP contribution is -2.43. The fourth-order valence-corrected chi connectivity index (χ4v) is 1.68. The van der Waals surface area contributed by atoms with Gasteiger partial charge in [-0.25, -0.2) is 0 Å². The second kappa shape index (κ2) is 5.14. The molecule has 0 radical (unpaired) electrons. The van der Waals surface area contributed by atoms with Crippen molar-refractivity contribution in [2.75, 3.05) is 33.4 Å². The topological polar surface area (TPSA) is 38.5 Å². The van der Waals surface area contributed by atoms with E-state index in [9.17, 15) is 13.2 Å². The summed E-state index contributed by atoms with van der Waals surface area (Å²) in [6.07, 6.45) is -3.41. The van der Waals surface area contributed by atoms with Gasteiger partial charge >= 0.3 is 6.18 Å². The van der Waals surface area contributed by atoms with Crippen molar-refractivity contribution in [3.05, 3.63) is 0 Å². The first-order valence-electron chi connectivity index (χ1n) is 5.00. The largest absolute Gasteiger partial charge is 0.394 e. The van der Waals surface area contributed by atoms with E-state index in [-0.39, 0.29) is 19.1 Å². The van der Waals surface area contributed by atoms with E-state index in [1.54, 1.807) is 11.9 Å². The molecule has 0 aromatic heterocycles. The van der Waals surface area contributed by atoms with Gasteiger partial charge in [0.2, 0.25) is 0 Å². The molecule has 0 spiro atoms. The standard InChI is InChI=1S/C9H17F3N2O/c1-14(8-2-3-15-6-8)5-7(4-13)9(10,11)12/h7-8H,2-6,13H2,1H3. The molecule has 0 saturated carbocycles. The summed E-state index contributed by atoms with van der Waals surface area (Å²) in [5.74, 6) is -1.44. The summed E-state index contributed by atoms with van der Waals surface area (Å²) < 4.78 is 42.4. The highest BCUT2D eigenvalue weighted by Gasteiger charge is 2.40. The maximum atomic E-state index is 12.4. The molecule has 1 rings (SSSR count). The Bertz CT molecular complexity index is 192. The average Bonchev–Trinajstić information content (AvgIpc) is 2.64. The van der Waals surface area contributed by atoms with Gasteiger partial charge in [-0.3, -0.25) is 0 Å². The van der Waals surface area contributed by atoms with E-state index < -0.39 is 12.1 Å². The van der Waals surface area contributed by atoms with Crippen LogP contribution < -0.4 is 5.73 Å². The van der Waals surface area contributed by atoms with Crippen molar-refractivity contribution in [3.63, 3.8) is 0 Å². The highest BCUT2D eigenvalue weighted by atomic mass is 19.4. The summed E-state index contributed by atoms with van der Waals surface area (Å²) in [4.78, 5) is 1.69. The number of nitrogens with two attached hydrogens (primary N) is 1. The van der Waals surface area contributed by atoms with Crippen molar-refractivity contribution in [1.82, 2.24) is 4.90 Å². The molecule has 0 amide bonds. The van der Waals surface area contributed by atoms with E-state index in [1.165, 1.54) is 0 Å². The van der Waals surface area contributed by atoms with Crippen molar-refractivity contribution < 1.29 is 17.9 Å². The summed E-state index contributed by atoms with van der Waals surface area (Å²) in [6, 6.07) is 0.0985. The van der Waals surface area contributed by atoms with Crippen molar-refractivity contribution >= 4 is 0 Å². The molecule has 0 aliphatic carbocycles. The van der Waals surface area contributed by atoms with Gasteiger partial charge in [0.15, 0.2) is 0 Å². The lowest BCUT2D eigenvalue weighted by Gasteiger charge is -2.28. The van der Waals surface area contributed by atoms with Gasteiger partial charge in [0.1, 0.15) is 0 Å². The molecule has 3 nitrogen and oxygen atoms in total. The van der Waals surface area contributed by atoms with Crippen LogP contribution in [0.4, 0.5) is 13.2 Å². The van der Waals surface area contributed by atoms with Gasteiger partial charge in [-0.1, -0.05) is 0 Å². The summed E-state index contributed by atoms with van der Waals surface area (Å²) in [5, 5.41) is 0. The number of likely N-dealkylation sites (N-methyl/N-ethyl adjacent to an activating group) is 1. The zero-order chi connectivity index (χ0) is 11.5. The Kier molecular flexibility index (Phi) is 4.36. The summed E-state index contributed by atoms with van der Waals surface area (Å²) in [6.45, 7) is 0.745. The normalized spacial score (nSPS) is 24.8. The predicted octanol–water partition coefficient (Wildman–Crippen LogP) is 0.844. The number of hydrogen-bond donors (Lipinski definition) is 1. The first-order chi connectivity index (χ1) is 6.95. The molecule has 0 aromatic carbocycles. The van der Waals surface area contributed by atoms with Gasteiger partial charge in [-0.15, -0.1) is 0 Å². The first-order valence-corrected chi connectivity index (χ1v) is 5.00. The maximum absolute atomic E-state index is 12.4. The van der Waals surface area contributed by atoms with Gasteiger partial charge in [-0.05, 0) is 13.5 Å². The van der Waals surface area contributed by atoms with Crippen LogP contribution in [0.2, 0.25) is 0 Å². The lowest BCUT2D eigenvalue weighted by atomic mass is 10.1. The van der Waals surface area contributed by atoms with Gasteiger partial charge in [0, 0.05) is 25.7 Å². The van der Waals surface area contributed by atoms with Crippen LogP contribution in [0.15, 0.2) is 0 Å². The number of halogens is 3. The van der Waals surface area contributed by atoms with Gasteiger partial charge < -0.3 is 15.4 Å². The van der Waals surface area contributed by atoms with Crippen LogP contribution in [0.3, 0.4) is 0 Å². The molecule has 2 atom stereocenters. The van der Waals surface area contributed by atoms with Crippen LogP contribution >= 0.6 is 0 Å². The summed E-state index contributed by atoms with van der Waals surface area (Å²) >= 11 is 0. The number of hydrogen-bond acceptors (Lipinski definition) is 3. The number of ether oxygens (including phenoxy) is 1. The fraction of sp³-hybridized carbons (Fsp3) is 1.00. The van der Waals surface area contributed by atoms with Crippen LogP contribution in [0.1, 0.15) is 6.42 Å². The average molecular weight is 226 g/mol. The van der Waals surface area contributed by atoms with Gasteiger partial charge in [0.05, 0.1) is 12.5 Å². The summed E-state index contributed by atoms with van der Waals surface area (Å²) in [7, 11) is 1.69. The highest BCUT2D eigenvalue weighted by Crippen LogP contribution is 2.26. The van der Waals surface area contributed by atoms with Crippen LogP contribution in [0.5, 0.6) is 0 Å². The third-order valence-electron chi connectivity index (χ3n) is 2.78. The monoisotopic (exact) mass is 226 g/mol. The molecule has 1 aliphatic heterocycles. The zero-order valence-electron chi connectivity index (χ0n) is 8.76. The number of nitrogens with zero attached hydrogens (tertiary/aromatic N) is 1. The minimum Gasteiger partial charge on any atom is -0.380 e. The molecule has 0 bridgehead atoms. The smallest absolute Gasteiger partial charge is 0.380 e. The van der Waals surface area contributed by atoms with E-state index in [1.807, 2.05) is 0 Å². The number of alkyl halides is 3. The molecule has 90 valence electrons. The second-order valence-corrected chi connectivity index (χ2v) is 3.93. The van der Waals surface area contributed by atoms with E-state index >= 15 is 0 Å². The molecular formula is C9H17F3N2O. The fourth-order valence-electron chi connectivity index (χ4n) is 1.68. The Balaban J connectivity index is 2.43. The van der Waals surface area contributed by atoms with Crippen molar-refractivity contribution in [2.24, 2.45) is 11.7 Å². The zero-order valence-corrected chi connectivity index (χ0v) is 8.76. The minimum atomic E-state index is -4.21. The Morgan fingerprint density at radius 1 is 1.53 bits per heavy atom. The Morgan fingerprint density at radius 2 is 2.20 bits per heavy atom. The molecular weight excluding hydrogens is 209 g/mol. The van der Waals surface area contributed by atoms with Crippen molar-refractivity contribution in [1.29, 1.82) is 0 Å². The molecule has 1 aliphatic rings. The lowest BCUT2D eigenvalue weighted by molar-refractivity contribution is -0.176. The number of rotatable bonds is 4. The molecule has 0 aromatic rings. The Hall–Kier alpha value is -0.330. The Morgan fingerprint density at radius 3 is 2.60 bits per heavy atom. The highest BCUT2D eigenvalue weighted by molar-refractivity contribution is 4.78. The predicted molar refractivity (Wildman–Crippen MR) is 50.5 cm³/mol. The van der Waals surface area contributed by atoms with Gasteiger partial charge in [-0.2, -0.15) is 13.2 Å². The van der Waals surface area contributed by atoms with E-state index in [2.05, 4.69) is 0 Å². The minimum absolute atomic E-state index is 0.0476. The van der Waals surface area contributed by atoms with Crippen molar-refractivity contribution in [3.8, 4) is 0 Å². The molecule has 1 heterocycles. The van der Waals surface area contributed by atoms with E-state index in [4.69, 9.17) is 10.5 Å². The first kappa shape index (κ1) is 12.7.